The number of nitrogens with zero attached hydrogens (tertiary/aromatic N) is 1. The summed E-state index contributed by atoms with van der Waals surface area (Å²) >= 11 is 5.97. The number of H-pyrrole nitrogens is 1. The maximum absolute atomic E-state index is 12.2. The number of hydrogen-bond donors (Lipinski definition) is 3. The molecule has 5 nitrogen and oxygen atoms in total. The average Bonchev–Trinajstić information content (AvgIpc) is 2.99. The predicted molar refractivity (Wildman–Crippen MR) is 78.0 cm³/mol. The lowest BCUT2D eigenvalue weighted by atomic mass is 9.67. The highest BCUT2D eigenvalue weighted by Crippen LogP contribution is 2.46. The lowest BCUT2D eigenvalue weighted by molar-refractivity contribution is 0.0947. The first-order valence-electron chi connectivity index (χ1n) is 7.38. The van der Waals surface area contributed by atoms with Gasteiger partial charge in [-0.1, -0.05) is 24.9 Å². The largest absolute Gasteiger partial charge is 0.350 e. The number of amides is 1. The Labute approximate surface area is 123 Å². The van der Waals surface area contributed by atoms with Crippen molar-refractivity contribution in [2.75, 3.05) is 13.1 Å². The summed E-state index contributed by atoms with van der Waals surface area (Å²) in [7, 11) is 0. The number of aromatic amines is 1. The van der Waals surface area contributed by atoms with Crippen LogP contribution in [0, 0.1) is 5.41 Å². The van der Waals surface area contributed by atoms with Gasteiger partial charge in [-0.15, -0.1) is 0 Å². The van der Waals surface area contributed by atoms with Gasteiger partial charge in [0.1, 0.15) is 0 Å². The fourth-order valence-corrected chi connectivity index (χ4v) is 3.62. The molecule has 1 atom stereocenters. The lowest BCUT2D eigenvalue weighted by Crippen LogP contribution is -2.37. The van der Waals surface area contributed by atoms with Gasteiger partial charge in [-0.2, -0.15) is 5.10 Å². The molecular weight excluding hydrogens is 276 g/mol. The van der Waals surface area contributed by atoms with Crippen LogP contribution < -0.4 is 10.6 Å². The first-order chi connectivity index (χ1) is 9.63. The SMILES string of the molecule is CCc1[nH]nc(Cl)c1C(=O)NCC1CC2(CCC2)CN1. The Bertz CT molecular complexity index is 509. The van der Waals surface area contributed by atoms with Crippen LogP contribution in [-0.4, -0.2) is 35.2 Å². The number of aromatic nitrogens is 2. The van der Waals surface area contributed by atoms with Gasteiger partial charge in [0.05, 0.1) is 5.56 Å². The highest BCUT2D eigenvalue weighted by atomic mass is 35.5. The van der Waals surface area contributed by atoms with E-state index < -0.39 is 0 Å². The molecule has 3 N–H and O–H groups in total. The van der Waals surface area contributed by atoms with Crippen LogP contribution in [0.15, 0.2) is 0 Å². The number of nitrogens with one attached hydrogen (secondary N) is 3. The number of carbonyl (C=O) groups excluding carboxylic acids is 1. The molecule has 1 amide bonds. The Kier molecular flexibility index (Phi) is 3.73. The van der Waals surface area contributed by atoms with Gasteiger partial charge in [-0.25, -0.2) is 0 Å². The highest BCUT2D eigenvalue weighted by Gasteiger charge is 2.43. The Balaban J connectivity index is 1.56. The molecule has 2 heterocycles. The normalized spacial score (nSPS) is 23.8. The molecule has 1 saturated carbocycles. The summed E-state index contributed by atoms with van der Waals surface area (Å²) in [5, 5.41) is 13.5. The molecule has 2 fully saturated rings. The quantitative estimate of drug-likeness (QED) is 0.795. The van der Waals surface area contributed by atoms with Crippen molar-refractivity contribution in [2.24, 2.45) is 5.41 Å². The molecule has 1 unspecified atom stereocenters. The van der Waals surface area contributed by atoms with Crippen molar-refractivity contribution in [3.05, 3.63) is 16.4 Å². The average molecular weight is 297 g/mol. The minimum absolute atomic E-state index is 0.128. The second-order valence-corrected chi connectivity index (χ2v) is 6.43. The third kappa shape index (κ3) is 2.44. The number of halogens is 1. The summed E-state index contributed by atoms with van der Waals surface area (Å²) < 4.78 is 0. The van der Waals surface area contributed by atoms with E-state index in [4.69, 9.17) is 11.6 Å². The molecule has 0 aromatic carbocycles. The van der Waals surface area contributed by atoms with E-state index in [2.05, 4.69) is 20.8 Å². The predicted octanol–water partition coefficient (Wildman–Crippen LogP) is 1.89. The topological polar surface area (TPSA) is 69.8 Å². The molecule has 1 aromatic heterocycles. The van der Waals surface area contributed by atoms with Gasteiger partial charge >= 0.3 is 0 Å². The number of rotatable bonds is 4. The van der Waals surface area contributed by atoms with E-state index in [0.29, 0.717) is 30.0 Å². The molecule has 1 aromatic rings. The summed E-state index contributed by atoms with van der Waals surface area (Å²) in [4.78, 5) is 12.2. The van der Waals surface area contributed by atoms with Gasteiger partial charge in [0.2, 0.25) is 0 Å². The molecule has 2 aliphatic rings. The van der Waals surface area contributed by atoms with E-state index in [0.717, 1.165) is 12.2 Å². The van der Waals surface area contributed by atoms with E-state index in [1.807, 2.05) is 6.92 Å². The number of aryl methyl sites for hydroxylation is 1. The molecule has 6 heteroatoms. The third-order valence-electron chi connectivity index (χ3n) is 4.75. The van der Waals surface area contributed by atoms with Crippen LogP contribution in [0.4, 0.5) is 0 Å². The van der Waals surface area contributed by atoms with Crippen LogP contribution in [0.5, 0.6) is 0 Å². The van der Waals surface area contributed by atoms with E-state index >= 15 is 0 Å². The Morgan fingerprint density at radius 1 is 1.55 bits per heavy atom. The summed E-state index contributed by atoms with van der Waals surface area (Å²) in [5.41, 5.74) is 1.81. The van der Waals surface area contributed by atoms with E-state index in [9.17, 15) is 4.79 Å². The van der Waals surface area contributed by atoms with Gasteiger partial charge in [0, 0.05) is 24.8 Å². The van der Waals surface area contributed by atoms with Crippen molar-refractivity contribution in [2.45, 2.75) is 45.1 Å². The zero-order valence-corrected chi connectivity index (χ0v) is 12.5. The van der Waals surface area contributed by atoms with Crippen LogP contribution in [0.3, 0.4) is 0 Å². The molecular formula is C14H21ClN4O. The minimum atomic E-state index is -0.128. The van der Waals surface area contributed by atoms with Crippen LogP contribution in [0.25, 0.3) is 0 Å². The van der Waals surface area contributed by atoms with Crippen LogP contribution in [-0.2, 0) is 6.42 Å². The molecule has 3 rings (SSSR count). The van der Waals surface area contributed by atoms with Crippen molar-refractivity contribution in [1.82, 2.24) is 20.8 Å². The van der Waals surface area contributed by atoms with Gasteiger partial charge in [0.15, 0.2) is 5.15 Å². The summed E-state index contributed by atoms with van der Waals surface area (Å²) in [6.45, 7) is 3.73. The minimum Gasteiger partial charge on any atom is -0.350 e. The van der Waals surface area contributed by atoms with E-state index in [1.54, 1.807) is 0 Å². The summed E-state index contributed by atoms with van der Waals surface area (Å²) in [6, 6.07) is 0.384. The Hall–Kier alpha value is -1.07. The van der Waals surface area contributed by atoms with Crippen molar-refractivity contribution in [3.63, 3.8) is 0 Å². The summed E-state index contributed by atoms with van der Waals surface area (Å²) in [6.07, 6.45) is 5.90. The zero-order valence-electron chi connectivity index (χ0n) is 11.8. The maximum Gasteiger partial charge on any atom is 0.256 e. The highest BCUT2D eigenvalue weighted by molar-refractivity contribution is 6.32. The molecule has 1 aliphatic heterocycles. The zero-order chi connectivity index (χ0) is 14.2. The third-order valence-corrected chi connectivity index (χ3v) is 5.02. The van der Waals surface area contributed by atoms with Crippen LogP contribution in [0.1, 0.15) is 48.7 Å². The van der Waals surface area contributed by atoms with Gasteiger partial charge in [0.25, 0.3) is 5.91 Å². The fraction of sp³-hybridized carbons (Fsp3) is 0.714. The van der Waals surface area contributed by atoms with Crippen molar-refractivity contribution < 1.29 is 4.79 Å². The molecule has 1 spiro atoms. The Morgan fingerprint density at radius 2 is 2.35 bits per heavy atom. The van der Waals surface area contributed by atoms with E-state index in [-0.39, 0.29) is 11.1 Å². The summed E-state index contributed by atoms with van der Waals surface area (Å²) in [5.74, 6) is -0.128. The maximum atomic E-state index is 12.2. The van der Waals surface area contributed by atoms with Crippen molar-refractivity contribution in [3.8, 4) is 0 Å². The molecule has 0 bridgehead atoms. The smallest absolute Gasteiger partial charge is 0.256 e. The molecule has 1 saturated heterocycles. The number of hydrogen-bond acceptors (Lipinski definition) is 3. The molecule has 0 radical (unpaired) electrons. The lowest BCUT2D eigenvalue weighted by Gasteiger charge is -2.37. The fourth-order valence-electron chi connectivity index (χ4n) is 3.37. The van der Waals surface area contributed by atoms with Crippen molar-refractivity contribution in [1.29, 1.82) is 0 Å². The first kappa shape index (κ1) is 13.9. The second-order valence-electron chi connectivity index (χ2n) is 6.07. The standard InChI is InChI=1S/C14H21ClN4O/c1-2-10-11(12(15)19-18-10)13(20)16-7-9-6-14(8-17-9)4-3-5-14/h9,17H,2-8H2,1H3,(H,16,20)(H,18,19). The monoisotopic (exact) mass is 296 g/mol. The first-order valence-corrected chi connectivity index (χ1v) is 7.76. The van der Waals surface area contributed by atoms with Gasteiger partial charge in [-0.3, -0.25) is 9.89 Å². The van der Waals surface area contributed by atoms with Crippen molar-refractivity contribution >= 4 is 17.5 Å². The number of carbonyl (C=O) groups is 1. The van der Waals surface area contributed by atoms with Crippen LogP contribution >= 0.6 is 11.6 Å². The van der Waals surface area contributed by atoms with Crippen LogP contribution in [0.2, 0.25) is 5.15 Å². The molecule has 1 aliphatic carbocycles. The van der Waals surface area contributed by atoms with E-state index in [1.165, 1.54) is 25.7 Å². The van der Waals surface area contributed by atoms with Gasteiger partial charge < -0.3 is 10.6 Å². The molecule has 20 heavy (non-hydrogen) atoms. The molecule has 110 valence electrons. The Morgan fingerprint density at radius 3 is 2.95 bits per heavy atom. The van der Waals surface area contributed by atoms with Gasteiger partial charge in [-0.05, 0) is 31.1 Å². The second kappa shape index (κ2) is 5.37.